The van der Waals surface area contributed by atoms with Crippen molar-refractivity contribution >= 4 is 5.71 Å². The molecule has 0 bridgehead atoms. The number of aliphatic hydroxyl groups is 1. The predicted molar refractivity (Wildman–Crippen MR) is 122 cm³/mol. The van der Waals surface area contributed by atoms with Crippen LogP contribution in [0.4, 0.5) is 0 Å². The minimum Gasteiger partial charge on any atom is -0.507 e. The van der Waals surface area contributed by atoms with Gasteiger partial charge in [-0.25, -0.2) is 0 Å². The van der Waals surface area contributed by atoms with Gasteiger partial charge in [0.15, 0.2) is 0 Å². The van der Waals surface area contributed by atoms with Gasteiger partial charge in [0, 0.05) is 23.6 Å². The van der Waals surface area contributed by atoms with Crippen LogP contribution in [0, 0.1) is 22.7 Å². The molecular formula is C26H41NO2. The Bertz CT molecular complexity index is 837. The van der Waals surface area contributed by atoms with E-state index in [1.165, 1.54) is 5.56 Å². The molecule has 29 heavy (non-hydrogen) atoms. The molecule has 0 aliphatic heterocycles. The zero-order chi connectivity index (χ0) is 22.2. The van der Waals surface area contributed by atoms with Crippen LogP contribution >= 0.6 is 0 Å². The van der Waals surface area contributed by atoms with E-state index in [-0.39, 0.29) is 16.2 Å². The molecule has 3 nitrogen and oxygen atoms in total. The summed E-state index contributed by atoms with van der Waals surface area (Å²) in [6.45, 7) is 19.7. The lowest BCUT2D eigenvalue weighted by atomic mass is 9.67. The van der Waals surface area contributed by atoms with E-state index in [0.717, 1.165) is 29.7 Å². The van der Waals surface area contributed by atoms with Gasteiger partial charge in [-0.05, 0) is 52.6 Å². The van der Waals surface area contributed by atoms with Crippen LogP contribution in [0.25, 0.3) is 0 Å². The van der Waals surface area contributed by atoms with Crippen molar-refractivity contribution in [2.24, 2.45) is 27.7 Å². The molecule has 1 aromatic carbocycles. The molecule has 2 N–H and O–H groups in total. The van der Waals surface area contributed by atoms with Gasteiger partial charge in [-0.1, -0.05) is 68.4 Å². The fourth-order valence-corrected chi connectivity index (χ4v) is 5.73. The average molecular weight is 400 g/mol. The van der Waals surface area contributed by atoms with Crippen molar-refractivity contribution < 1.29 is 10.2 Å². The monoisotopic (exact) mass is 399 g/mol. The molecule has 1 aromatic rings. The Kier molecular flexibility index (Phi) is 5.06. The van der Waals surface area contributed by atoms with E-state index >= 15 is 0 Å². The second-order valence-corrected chi connectivity index (χ2v) is 12.3. The lowest BCUT2D eigenvalue weighted by Crippen LogP contribution is -2.45. The fourth-order valence-electron chi connectivity index (χ4n) is 5.73. The van der Waals surface area contributed by atoms with Crippen LogP contribution in [0.15, 0.2) is 17.1 Å². The van der Waals surface area contributed by atoms with Crippen LogP contribution in [-0.4, -0.2) is 29.1 Å². The van der Waals surface area contributed by atoms with Crippen molar-refractivity contribution in [1.82, 2.24) is 0 Å². The molecule has 2 saturated carbocycles. The largest absolute Gasteiger partial charge is 0.507 e. The number of aliphatic hydroxyl groups excluding tert-OH is 1. The Balaban J connectivity index is 2.18. The van der Waals surface area contributed by atoms with Crippen molar-refractivity contribution in [3.8, 4) is 5.75 Å². The van der Waals surface area contributed by atoms with Gasteiger partial charge in [0.1, 0.15) is 5.75 Å². The highest BCUT2D eigenvalue weighted by Gasteiger charge is 2.67. The molecule has 0 saturated heterocycles. The molecular weight excluding hydrogens is 358 g/mol. The van der Waals surface area contributed by atoms with Crippen LogP contribution in [0.2, 0.25) is 0 Å². The normalized spacial score (nSPS) is 32.1. The quantitative estimate of drug-likeness (QED) is 0.614. The molecule has 0 aromatic heterocycles. The summed E-state index contributed by atoms with van der Waals surface area (Å²) in [5.41, 5.74) is 3.29. The molecule has 2 aliphatic rings. The van der Waals surface area contributed by atoms with Crippen LogP contribution in [0.5, 0.6) is 5.75 Å². The number of aliphatic imine (C=N–C) groups is 1. The summed E-state index contributed by atoms with van der Waals surface area (Å²) in [6, 6.07) is 4.25. The number of benzene rings is 1. The standard InChI is InChI=1S/C26H41NO2/c1-23(2,3)15-13-16(20(28)18(14-15)24(4,5)6)21(27-10)26(9)12-11-17-19(22(26)29)25(17,7)8/h13-14,17,19,22,28-29H,11-12H2,1-10H3/t17-,19+,22+,26-/m1/s1. The average Bonchev–Trinajstić information content (AvgIpc) is 3.13. The van der Waals surface area contributed by atoms with E-state index in [2.05, 4.69) is 74.4 Å². The molecule has 162 valence electrons. The highest BCUT2D eigenvalue weighted by Crippen LogP contribution is 2.68. The SMILES string of the molecule is CN=C(c1cc(C(C)(C)C)cc(C(C)(C)C)c1O)[C@@]1(C)CC[C@@H]2[C@@H]([C@@H]1O)C2(C)C. The zero-order valence-electron chi connectivity index (χ0n) is 20.1. The van der Waals surface area contributed by atoms with Gasteiger partial charge in [0.25, 0.3) is 0 Å². The minimum atomic E-state index is -0.452. The Morgan fingerprint density at radius 3 is 2.10 bits per heavy atom. The smallest absolute Gasteiger partial charge is 0.128 e. The van der Waals surface area contributed by atoms with E-state index < -0.39 is 11.5 Å². The summed E-state index contributed by atoms with van der Waals surface area (Å²) in [4.78, 5) is 4.71. The van der Waals surface area contributed by atoms with E-state index in [4.69, 9.17) is 4.99 Å². The van der Waals surface area contributed by atoms with Gasteiger partial charge in [0.2, 0.25) is 0 Å². The van der Waals surface area contributed by atoms with Crippen LogP contribution in [-0.2, 0) is 10.8 Å². The number of hydrogen-bond donors (Lipinski definition) is 2. The van der Waals surface area contributed by atoms with Crippen molar-refractivity contribution in [3.63, 3.8) is 0 Å². The van der Waals surface area contributed by atoms with Crippen molar-refractivity contribution in [1.29, 1.82) is 0 Å². The Hall–Kier alpha value is -1.35. The Morgan fingerprint density at radius 1 is 1.03 bits per heavy atom. The maximum Gasteiger partial charge on any atom is 0.128 e. The maximum atomic E-state index is 11.4. The summed E-state index contributed by atoms with van der Waals surface area (Å²) in [5.74, 6) is 1.23. The summed E-state index contributed by atoms with van der Waals surface area (Å²) >= 11 is 0. The highest BCUT2D eigenvalue weighted by molar-refractivity contribution is 6.07. The molecule has 0 amide bonds. The van der Waals surface area contributed by atoms with Crippen LogP contribution < -0.4 is 0 Å². The lowest BCUT2D eigenvalue weighted by molar-refractivity contribution is 0.0289. The Morgan fingerprint density at radius 2 is 1.62 bits per heavy atom. The lowest BCUT2D eigenvalue weighted by Gasteiger charge is -2.40. The van der Waals surface area contributed by atoms with Gasteiger partial charge < -0.3 is 10.2 Å². The number of phenolic OH excluding ortho intramolecular Hbond substituents is 1. The van der Waals surface area contributed by atoms with Gasteiger partial charge in [0.05, 0.1) is 11.8 Å². The minimum absolute atomic E-state index is 0.0447. The molecule has 0 radical (unpaired) electrons. The molecule has 2 fully saturated rings. The molecule has 4 atom stereocenters. The van der Waals surface area contributed by atoms with Crippen molar-refractivity contribution in [2.45, 2.75) is 92.1 Å². The maximum absolute atomic E-state index is 11.4. The van der Waals surface area contributed by atoms with Gasteiger partial charge in [-0.2, -0.15) is 0 Å². The van der Waals surface area contributed by atoms with Gasteiger partial charge in [-0.15, -0.1) is 0 Å². The first kappa shape index (κ1) is 22.3. The second kappa shape index (κ2) is 6.57. The Labute approximate surface area is 177 Å². The van der Waals surface area contributed by atoms with E-state index in [0.29, 0.717) is 17.6 Å². The molecule has 0 heterocycles. The first-order valence-corrected chi connectivity index (χ1v) is 11.1. The molecule has 3 heteroatoms. The van der Waals surface area contributed by atoms with E-state index in [1.54, 1.807) is 7.05 Å². The number of fused-ring (bicyclic) bond motifs is 1. The van der Waals surface area contributed by atoms with Crippen LogP contribution in [0.3, 0.4) is 0 Å². The summed E-state index contributed by atoms with van der Waals surface area (Å²) in [7, 11) is 1.80. The molecule has 3 rings (SSSR count). The highest BCUT2D eigenvalue weighted by atomic mass is 16.3. The molecule has 2 aliphatic carbocycles. The van der Waals surface area contributed by atoms with E-state index in [1.807, 2.05) is 0 Å². The van der Waals surface area contributed by atoms with Crippen molar-refractivity contribution in [2.75, 3.05) is 7.05 Å². The molecule has 0 spiro atoms. The number of phenols is 1. The van der Waals surface area contributed by atoms with E-state index in [9.17, 15) is 10.2 Å². The number of nitrogens with zero attached hydrogens (tertiary/aromatic N) is 1. The predicted octanol–water partition coefficient (Wildman–Crippen LogP) is 5.84. The topological polar surface area (TPSA) is 52.8 Å². The molecule has 0 unspecified atom stereocenters. The summed E-state index contributed by atoms with van der Waals surface area (Å²) in [5, 5.41) is 22.8. The third-order valence-electron chi connectivity index (χ3n) is 7.91. The zero-order valence-corrected chi connectivity index (χ0v) is 20.1. The fraction of sp³-hybridized carbons (Fsp3) is 0.731. The van der Waals surface area contributed by atoms with Gasteiger partial charge in [-0.3, -0.25) is 4.99 Å². The first-order valence-electron chi connectivity index (χ1n) is 11.1. The number of aromatic hydroxyl groups is 1. The third kappa shape index (κ3) is 3.44. The third-order valence-corrected chi connectivity index (χ3v) is 7.91. The second-order valence-electron chi connectivity index (χ2n) is 12.3. The summed E-state index contributed by atoms with van der Waals surface area (Å²) < 4.78 is 0. The number of rotatable bonds is 2. The van der Waals surface area contributed by atoms with Crippen LogP contribution in [0.1, 0.15) is 91.8 Å². The van der Waals surface area contributed by atoms with Gasteiger partial charge >= 0.3 is 0 Å². The first-order chi connectivity index (χ1) is 13.1. The van der Waals surface area contributed by atoms with Crippen molar-refractivity contribution in [3.05, 3.63) is 28.8 Å². The number of hydrogen-bond acceptors (Lipinski definition) is 3. The summed E-state index contributed by atoms with van der Waals surface area (Å²) in [6.07, 6.45) is 1.57.